The first kappa shape index (κ1) is 27.2. The van der Waals surface area contributed by atoms with Crippen LogP contribution in [0.25, 0.3) is 0 Å². The fraction of sp³-hybridized carbons (Fsp3) is 0.235. The number of nitrogens with zero attached hydrogens (tertiary/aromatic N) is 3. The van der Waals surface area contributed by atoms with Gasteiger partial charge in [-0.2, -0.15) is 0 Å². The van der Waals surface area contributed by atoms with Gasteiger partial charge in [-0.3, -0.25) is 9.80 Å². The average molecular weight is 534 g/mol. The summed E-state index contributed by atoms with van der Waals surface area (Å²) in [5.41, 5.74) is 5.89. The Morgan fingerprint density at radius 1 is 0.775 bits per heavy atom. The molecule has 1 aliphatic rings. The van der Waals surface area contributed by atoms with Gasteiger partial charge in [0.1, 0.15) is 0 Å². The lowest BCUT2D eigenvalue weighted by atomic mass is 9.96. The number of rotatable bonds is 7. The first-order valence-corrected chi connectivity index (χ1v) is 13.7. The zero-order valence-electron chi connectivity index (χ0n) is 23.1. The van der Waals surface area contributed by atoms with E-state index in [1.54, 1.807) is 12.1 Å². The molecule has 0 N–H and O–H groups in total. The van der Waals surface area contributed by atoms with Crippen molar-refractivity contribution in [1.82, 2.24) is 9.80 Å². The fourth-order valence-electron chi connectivity index (χ4n) is 5.34. The van der Waals surface area contributed by atoms with Gasteiger partial charge >= 0.3 is 12.0 Å². The van der Waals surface area contributed by atoms with Crippen molar-refractivity contribution in [1.29, 1.82) is 0 Å². The molecule has 0 aromatic heterocycles. The van der Waals surface area contributed by atoms with Crippen LogP contribution in [0, 0.1) is 6.92 Å². The summed E-state index contributed by atoms with van der Waals surface area (Å²) in [5, 5.41) is 0. The Kier molecular flexibility index (Phi) is 8.57. The highest BCUT2D eigenvalue weighted by Gasteiger charge is 2.30. The second kappa shape index (κ2) is 12.6. The summed E-state index contributed by atoms with van der Waals surface area (Å²) in [7, 11) is 1.37. The minimum atomic E-state index is -0.375. The number of urea groups is 1. The van der Waals surface area contributed by atoms with E-state index >= 15 is 0 Å². The van der Waals surface area contributed by atoms with Gasteiger partial charge in [-0.05, 0) is 53.4 Å². The summed E-state index contributed by atoms with van der Waals surface area (Å²) in [6.45, 7) is 5.26. The number of anilines is 1. The molecule has 4 aromatic rings. The molecule has 4 aromatic carbocycles. The predicted octanol–water partition coefficient (Wildman–Crippen LogP) is 6.32. The maximum absolute atomic E-state index is 14.0. The Labute approximate surface area is 236 Å². The molecule has 0 bridgehead atoms. The van der Waals surface area contributed by atoms with Crippen LogP contribution in [0.5, 0.6) is 0 Å². The number of hydrogen-bond donors (Lipinski definition) is 0. The second-order valence-electron chi connectivity index (χ2n) is 10.1. The highest BCUT2D eigenvalue weighted by molar-refractivity contribution is 5.92. The molecular weight excluding hydrogens is 498 g/mol. The van der Waals surface area contributed by atoms with Crippen LogP contribution in [0.4, 0.5) is 10.5 Å². The van der Waals surface area contributed by atoms with E-state index in [4.69, 9.17) is 4.74 Å². The van der Waals surface area contributed by atoms with Crippen LogP contribution in [0.1, 0.15) is 38.7 Å². The molecule has 204 valence electrons. The molecule has 1 aliphatic heterocycles. The number of piperazine rings is 1. The minimum Gasteiger partial charge on any atom is -0.465 e. The van der Waals surface area contributed by atoms with Crippen LogP contribution in [0.3, 0.4) is 0 Å². The maximum atomic E-state index is 14.0. The van der Waals surface area contributed by atoms with Gasteiger partial charge in [0.25, 0.3) is 0 Å². The minimum absolute atomic E-state index is 0.0155. The fourth-order valence-corrected chi connectivity index (χ4v) is 5.34. The van der Waals surface area contributed by atoms with Crippen molar-refractivity contribution in [3.8, 4) is 0 Å². The first-order valence-electron chi connectivity index (χ1n) is 13.7. The lowest BCUT2D eigenvalue weighted by Crippen LogP contribution is -2.53. The van der Waals surface area contributed by atoms with E-state index in [1.807, 2.05) is 65.3 Å². The van der Waals surface area contributed by atoms with Gasteiger partial charge in [0.15, 0.2) is 0 Å². The topological polar surface area (TPSA) is 53.1 Å². The maximum Gasteiger partial charge on any atom is 0.337 e. The lowest BCUT2D eigenvalue weighted by molar-refractivity contribution is 0.0600. The smallest absolute Gasteiger partial charge is 0.337 e. The number of methoxy groups -OCH3 is 1. The molecule has 1 saturated heterocycles. The molecule has 1 fully saturated rings. The Balaban J connectivity index is 1.34. The number of benzene rings is 4. The Morgan fingerprint density at radius 3 is 1.93 bits per heavy atom. The summed E-state index contributed by atoms with van der Waals surface area (Å²) in [4.78, 5) is 32.1. The van der Waals surface area contributed by atoms with Crippen molar-refractivity contribution in [3.05, 3.63) is 137 Å². The molecule has 6 nitrogen and oxygen atoms in total. The van der Waals surface area contributed by atoms with Gasteiger partial charge in [0.05, 0.1) is 25.3 Å². The molecule has 0 aliphatic carbocycles. The van der Waals surface area contributed by atoms with Crippen molar-refractivity contribution in [2.45, 2.75) is 19.5 Å². The van der Waals surface area contributed by atoms with Crippen LogP contribution in [-0.2, 0) is 11.3 Å². The number of hydrogen-bond acceptors (Lipinski definition) is 4. The zero-order valence-corrected chi connectivity index (χ0v) is 23.1. The van der Waals surface area contributed by atoms with Crippen molar-refractivity contribution in [2.75, 3.05) is 38.2 Å². The van der Waals surface area contributed by atoms with E-state index in [1.165, 1.54) is 18.2 Å². The van der Waals surface area contributed by atoms with Crippen LogP contribution < -0.4 is 4.90 Å². The molecule has 0 saturated carbocycles. The molecule has 5 rings (SSSR count). The van der Waals surface area contributed by atoms with Gasteiger partial charge in [-0.25, -0.2) is 9.59 Å². The van der Waals surface area contributed by atoms with Crippen molar-refractivity contribution in [2.24, 2.45) is 0 Å². The van der Waals surface area contributed by atoms with Crippen LogP contribution in [-0.4, -0.2) is 55.1 Å². The predicted molar refractivity (Wildman–Crippen MR) is 158 cm³/mol. The average Bonchev–Trinajstić information content (AvgIpc) is 3.01. The van der Waals surface area contributed by atoms with E-state index in [0.717, 1.165) is 29.9 Å². The normalized spacial score (nSPS) is 13.7. The van der Waals surface area contributed by atoms with Gasteiger partial charge in [-0.1, -0.05) is 84.9 Å². The van der Waals surface area contributed by atoms with Crippen LogP contribution >= 0.6 is 0 Å². The number of ether oxygens (including phenoxy) is 1. The third-order valence-electron chi connectivity index (χ3n) is 7.44. The van der Waals surface area contributed by atoms with Crippen molar-refractivity contribution < 1.29 is 14.3 Å². The van der Waals surface area contributed by atoms with E-state index < -0.39 is 0 Å². The molecule has 0 unspecified atom stereocenters. The summed E-state index contributed by atoms with van der Waals surface area (Å²) in [6, 6.07) is 36.6. The van der Waals surface area contributed by atoms with E-state index in [9.17, 15) is 9.59 Å². The SMILES string of the molecule is COC(=O)c1ccc(CN(C(=O)N2CCN(C(c3ccccc3)c3ccccc3)CC2)c2cccc(C)c2)cc1. The van der Waals surface area contributed by atoms with Gasteiger partial charge in [0, 0.05) is 31.9 Å². The Hall–Kier alpha value is -4.42. The Bertz CT molecular complexity index is 1380. The van der Waals surface area contributed by atoms with Crippen LogP contribution in [0.2, 0.25) is 0 Å². The third kappa shape index (κ3) is 6.24. The molecular formula is C34H35N3O3. The van der Waals surface area contributed by atoms with Gasteiger partial charge in [-0.15, -0.1) is 0 Å². The highest BCUT2D eigenvalue weighted by Crippen LogP contribution is 2.30. The monoisotopic (exact) mass is 533 g/mol. The highest BCUT2D eigenvalue weighted by atomic mass is 16.5. The number of esters is 1. The molecule has 0 spiro atoms. The number of carbonyl (C=O) groups excluding carboxylic acids is 2. The van der Waals surface area contributed by atoms with Gasteiger partial charge in [0.2, 0.25) is 0 Å². The first-order chi connectivity index (χ1) is 19.5. The zero-order chi connectivity index (χ0) is 27.9. The Morgan fingerprint density at radius 2 is 1.38 bits per heavy atom. The quantitative estimate of drug-likeness (QED) is 0.261. The summed E-state index contributed by atoms with van der Waals surface area (Å²) < 4.78 is 4.82. The van der Waals surface area contributed by atoms with E-state index in [2.05, 4.69) is 53.4 Å². The number of carbonyl (C=O) groups is 2. The summed E-state index contributed by atoms with van der Waals surface area (Å²) in [5.74, 6) is -0.375. The third-order valence-corrected chi connectivity index (χ3v) is 7.44. The van der Waals surface area contributed by atoms with Crippen LogP contribution in [0.15, 0.2) is 109 Å². The second-order valence-corrected chi connectivity index (χ2v) is 10.1. The summed E-state index contributed by atoms with van der Waals surface area (Å²) in [6.07, 6.45) is 0. The van der Waals surface area contributed by atoms with Crippen molar-refractivity contribution >= 4 is 17.7 Å². The molecule has 0 radical (unpaired) electrons. The number of amides is 2. The summed E-state index contributed by atoms with van der Waals surface area (Å²) >= 11 is 0. The van der Waals surface area contributed by atoms with Crippen molar-refractivity contribution in [3.63, 3.8) is 0 Å². The van der Waals surface area contributed by atoms with Gasteiger partial charge < -0.3 is 9.64 Å². The largest absolute Gasteiger partial charge is 0.465 e. The molecule has 6 heteroatoms. The molecule has 1 heterocycles. The lowest BCUT2D eigenvalue weighted by Gasteiger charge is -2.41. The molecule has 2 amide bonds. The van der Waals surface area contributed by atoms with E-state index in [0.29, 0.717) is 25.2 Å². The number of aryl methyl sites for hydroxylation is 1. The van der Waals surface area contributed by atoms with E-state index in [-0.39, 0.29) is 18.0 Å². The molecule has 40 heavy (non-hydrogen) atoms. The molecule has 0 atom stereocenters. The standard InChI is InChI=1S/C34H35N3O3/c1-26-10-9-15-31(24-26)37(25-27-16-18-30(19-17-27)33(38)40-2)34(39)36-22-20-35(21-23-36)32(28-11-5-3-6-12-28)29-13-7-4-8-14-29/h3-19,24,32H,20-23,25H2,1-2H3.